The van der Waals surface area contributed by atoms with Crippen molar-refractivity contribution in [2.75, 3.05) is 31.6 Å². The number of benzene rings is 2. The summed E-state index contributed by atoms with van der Waals surface area (Å²) >= 11 is 0. The number of nitrogens with one attached hydrogen (secondary N) is 1. The van der Waals surface area contributed by atoms with Crippen LogP contribution >= 0.6 is 0 Å². The van der Waals surface area contributed by atoms with E-state index >= 15 is 0 Å². The van der Waals surface area contributed by atoms with Gasteiger partial charge in [0.05, 0.1) is 36.3 Å². The highest BCUT2D eigenvalue weighted by molar-refractivity contribution is 7.89. The number of fused-ring (bicyclic) bond motifs is 1. The first-order valence-corrected chi connectivity index (χ1v) is 23.2. The molecule has 2 aliphatic heterocycles. The predicted molar refractivity (Wildman–Crippen MR) is 244 cm³/mol. The van der Waals surface area contributed by atoms with E-state index in [0.29, 0.717) is 25.1 Å². The molecule has 0 bridgehead atoms. The highest BCUT2D eigenvalue weighted by Crippen LogP contribution is 2.36. The van der Waals surface area contributed by atoms with Gasteiger partial charge in [-0.05, 0) is 93.5 Å². The molecule has 2 aromatic rings. The van der Waals surface area contributed by atoms with Crippen molar-refractivity contribution in [2.45, 2.75) is 114 Å². The van der Waals surface area contributed by atoms with Crippen LogP contribution in [0.2, 0.25) is 0 Å². The SMILES string of the molecule is CC/C=C\C/C=C\C/C=C\C/C=C\C/C=C\C/C=C\CCC(=O)Nc1ccc(S(=O)(=O)N(CC(C)C)C[C@@H](O)[C@H](Cc2ccccc2)N(C(=O)O)C2CO[C@H]3OCC[C@@H]23)cc1. The Balaban J connectivity index is 1.27. The average molecular weight is 858 g/mol. The van der Waals surface area contributed by atoms with Gasteiger partial charge in [-0.2, -0.15) is 4.31 Å². The van der Waals surface area contributed by atoms with Crippen LogP contribution < -0.4 is 5.32 Å². The van der Waals surface area contributed by atoms with E-state index in [0.717, 1.165) is 44.1 Å². The highest BCUT2D eigenvalue weighted by Gasteiger charge is 2.49. The standard InChI is InChI=1S/C49H67N3O8S/c1-4-5-6-7-8-9-10-11-12-13-14-15-16-17-18-19-20-21-25-28-47(54)50-41-29-31-42(32-30-41)61(57,58)51(36-39(2)3)37-46(53)44(35-40-26-23-22-24-27-40)52(49(55)56)45-38-60-48-43(45)33-34-59-48/h5-6,8-9,11-12,14-15,17-18,20-24,26-27,29-32,39,43-46,48,53H,4,7,10,13,16,19,25,28,33-38H2,1-3H3,(H,50,54)(H,55,56)/b6-5-,9-8-,12-11-,15-14-,18-17-,21-20-/t43-,44-,45?,46+,48+/m0/s1. The molecule has 2 saturated heterocycles. The van der Waals surface area contributed by atoms with Crippen LogP contribution in [0.1, 0.15) is 84.1 Å². The molecule has 4 rings (SSSR count). The number of carbonyl (C=O) groups excluding carboxylic acids is 1. The summed E-state index contributed by atoms with van der Waals surface area (Å²) in [5.74, 6) is -0.465. The predicted octanol–water partition coefficient (Wildman–Crippen LogP) is 9.46. The topological polar surface area (TPSA) is 146 Å². The maximum absolute atomic E-state index is 14.2. The third-order valence-corrected chi connectivity index (χ3v) is 12.4. The normalized spacial score (nSPS) is 19.5. The third-order valence-electron chi connectivity index (χ3n) is 10.5. The van der Waals surface area contributed by atoms with Crippen molar-refractivity contribution in [3.8, 4) is 0 Å². The zero-order chi connectivity index (χ0) is 43.9. The number of allylic oxidation sites excluding steroid dienone is 12. The number of ether oxygens (including phenoxy) is 2. The Kier molecular flexibility index (Phi) is 21.5. The summed E-state index contributed by atoms with van der Waals surface area (Å²) in [4.78, 5) is 26.9. The summed E-state index contributed by atoms with van der Waals surface area (Å²) in [5, 5.41) is 25.3. The second-order valence-corrected chi connectivity index (χ2v) is 17.8. The lowest BCUT2D eigenvalue weighted by atomic mass is 9.93. The number of aliphatic hydroxyl groups excluding tert-OH is 1. The van der Waals surface area contributed by atoms with Crippen LogP contribution in [0.3, 0.4) is 0 Å². The van der Waals surface area contributed by atoms with Gasteiger partial charge < -0.3 is 25.0 Å². The van der Waals surface area contributed by atoms with Crippen LogP contribution in [0.25, 0.3) is 0 Å². The quantitative estimate of drug-likeness (QED) is 0.0794. The van der Waals surface area contributed by atoms with Gasteiger partial charge in [-0.3, -0.25) is 9.69 Å². The number of anilines is 1. The van der Waals surface area contributed by atoms with E-state index in [1.807, 2.05) is 56.3 Å². The van der Waals surface area contributed by atoms with Gasteiger partial charge in [0.2, 0.25) is 15.9 Å². The third kappa shape index (κ3) is 16.7. The fourth-order valence-corrected chi connectivity index (χ4v) is 9.10. The van der Waals surface area contributed by atoms with E-state index in [1.165, 1.54) is 21.3 Å². The lowest BCUT2D eigenvalue weighted by Gasteiger charge is -2.39. The Morgan fingerprint density at radius 2 is 1.38 bits per heavy atom. The first-order chi connectivity index (χ1) is 29.5. The summed E-state index contributed by atoms with van der Waals surface area (Å²) in [6, 6.07) is 13.7. The Morgan fingerprint density at radius 1 is 0.803 bits per heavy atom. The fraction of sp³-hybridized carbons (Fsp3) is 0.469. The van der Waals surface area contributed by atoms with Gasteiger partial charge in [-0.15, -0.1) is 0 Å². The number of amides is 2. The van der Waals surface area contributed by atoms with Crippen molar-refractivity contribution in [2.24, 2.45) is 11.8 Å². The Hall–Kier alpha value is -4.59. The summed E-state index contributed by atoms with van der Waals surface area (Å²) in [6.45, 7) is 6.26. The molecule has 0 radical (unpaired) electrons. The van der Waals surface area contributed by atoms with Crippen LogP contribution in [0.15, 0.2) is 132 Å². The van der Waals surface area contributed by atoms with Crippen molar-refractivity contribution < 1.29 is 37.7 Å². The van der Waals surface area contributed by atoms with Crippen molar-refractivity contribution in [1.82, 2.24) is 9.21 Å². The van der Waals surface area contributed by atoms with Crippen molar-refractivity contribution in [1.29, 1.82) is 0 Å². The molecule has 0 saturated carbocycles. The number of nitrogens with zero attached hydrogens (tertiary/aromatic N) is 2. The van der Waals surface area contributed by atoms with Crippen LogP contribution in [0, 0.1) is 11.8 Å². The molecular formula is C49H67N3O8S. The number of rotatable bonds is 26. The van der Waals surface area contributed by atoms with Gasteiger partial charge >= 0.3 is 6.09 Å². The van der Waals surface area contributed by atoms with E-state index in [2.05, 4.69) is 73.0 Å². The summed E-state index contributed by atoms with van der Waals surface area (Å²) in [5.41, 5.74) is 1.28. The maximum atomic E-state index is 14.2. The number of carbonyl (C=O) groups is 2. The van der Waals surface area contributed by atoms with Crippen molar-refractivity contribution in [3.63, 3.8) is 0 Å². The van der Waals surface area contributed by atoms with E-state index < -0.39 is 40.6 Å². The summed E-state index contributed by atoms with van der Waals surface area (Å²) in [6.07, 6.45) is 29.8. The molecule has 0 spiro atoms. The smallest absolute Gasteiger partial charge is 0.407 e. The molecule has 2 aromatic carbocycles. The van der Waals surface area contributed by atoms with Gasteiger partial charge in [0.15, 0.2) is 6.29 Å². The van der Waals surface area contributed by atoms with Crippen LogP contribution in [0.5, 0.6) is 0 Å². The molecule has 1 unspecified atom stereocenters. The fourth-order valence-electron chi connectivity index (χ4n) is 7.48. The lowest BCUT2D eigenvalue weighted by molar-refractivity contribution is -0.116. The number of aliphatic hydroxyl groups is 1. The van der Waals surface area contributed by atoms with Gasteiger partial charge in [0.1, 0.15) is 0 Å². The Morgan fingerprint density at radius 3 is 1.93 bits per heavy atom. The van der Waals surface area contributed by atoms with Gasteiger partial charge in [0, 0.05) is 31.1 Å². The Labute approximate surface area is 364 Å². The number of hydrogen-bond acceptors (Lipinski definition) is 7. The molecule has 2 amide bonds. The van der Waals surface area contributed by atoms with E-state index in [4.69, 9.17) is 9.47 Å². The lowest BCUT2D eigenvalue weighted by Crippen LogP contribution is -2.57. The monoisotopic (exact) mass is 857 g/mol. The molecule has 12 heteroatoms. The molecule has 0 aromatic heterocycles. The molecule has 332 valence electrons. The van der Waals surface area contributed by atoms with E-state index in [9.17, 15) is 28.2 Å². The molecule has 2 aliphatic rings. The summed E-state index contributed by atoms with van der Waals surface area (Å²) in [7, 11) is -4.14. The molecule has 0 aliphatic carbocycles. The Bertz CT molecular complexity index is 1910. The molecule has 61 heavy (non-hydrogen) atoms. The highest BCUT2D eigenvalue weighted by atomic mass is 32.2. The molecule has 5 atom stereocenters. The van der Waals surface area contributed by atoms with E-state index in [-0.39, 0.29) is 55.2 Å². The minimum Gasteiger partial charge on any atom is -0.465 e. The minimum absolute atomic E-state index is 0.00108. The molecule has 2 fully saturated rings. The molecule has 2 heterocycles. The van der Waals surface area contributed by atoms with Crippen molar-refractivity contribution >= 4 is 27.7 Å². The second kappa shape index (κ2) is 26.7. The second-order valence-electron chi connectivity index (χ2n) is 15.8. The minimum atomic E-state index is -4.14. The zero-order valence-corrected chi connectivity index (χ0v) is 37.0. The van der Waals surface area contributed by atoms with Crippen LogP contribution in [-0.2, 0) is 30.7 Å². The number of sulfonamides is 1. The number of hydrogen-bond donors (Lipinski definition) is 3. The zero-order valence-electron chi connectivity index (χ0n) is 36.1. The molecule has 3 N–H and O–H groups in total. The first kappa shape index (κ1) is 49.1. The summed E-state index contributed by atoms with van der Waals surface area (Å²) < 4.78 is 41.0. The van der Waals surface area contributed by atoms with Gasteiger partial charge in [-0.25, -0.2) is 13.2 Å². The first-order valence-electron chi connectivity index (χ1n) is 21.8. The largest absolute Gasteiger partial charge is 0.465 e. The van der Waals surface area contributed by atoms with Crippen LogP contribution in [0.4, 0.5) is 10.5 Å². The maximum Gasteiger partial charge on any atom is 0.407 e. The molecular weight excluding hydrogens is 791 g/mol. The van der Waals surface area contributed by atoms with Gasteiger partial charge in [0.25, 0.3) is 0 Å². The van der Waals surface area contributed by atoms with Gasteiger partial charge in [-0.1, -0.05) is 124 Å². The van der Waals surface area contributed by atoms with Crippen molar-refractivity contribution in [3.05, 3.63) is 133 Å². The van der Waals surface area contributed by atoms with Crippen LogP contribution in [-0.4, -0.2) is 90.6 Å². The number of carboxylic acid groups (broad SMARTS) is 1. The van der Waals surface area contributed by atoms with E-state index in [1.54, 1.807) is 12.1 Å². The average Bonchev–Trinajstić information content (AvgIpc) is 3.87. The molecule has 11 nitrogen and oxygen atoms in total.